The Morgan fingerprint density at radius 1 is 1.29 bits per heavy atom. The SMILES string of the molecule is C=c1[nH]n(CCCCC(=O)O)c(=O)/c1=C\c1ccc(-c2cc(C)c(C)cc2[N+](=O)[O-])o1. The van der Waals surface area contributed by atoms with Gasteiger partial charge in [0.25, 0.3) is 11.2 Å². The molecule has 0 bridgehead atoms. The number of nitrogens with zero attached hydrogens (tertiary/aromatic N) is 2. The molecule has 0 amide bonds. The molecule has 0 saturated heterocycles. The van der Waals surface area contributed by atoms with Crippen LogP contribution in [-0.4, -0.2) is 25.8 Å². The highest BCUT2D eigenvalue weighted by Gasteiger charge is 2.19. The predicted octanol–water partition coefficient (Wildman–Crippen LogP) is 2.46. The summed E-state index contributed by atoms with van der Waals surface area (Å²) in [4.78, 5) is 34.2. The lowest BCUT2D eigenvalue weighted by Gasteiger charge is -2.04. The Kier molecular flexibility index (Phi) is 6.24. The first-order chi connectivity index (χ1) is 14.7. The summed E-state index contributed by atoms with van der Waals surface area (Å²) in [5, 5.41) is 23.8. The summed E-state index contributed by atoms with van der Waals surface area (Å²) < 4.78 is 7.17. The number of aryl methyl sites for hydroxylation is 3. The number of carbonyl (C=O) groups is 1. The Bertz CT molecular complexity index is 1310. The molecule has 31 heavy (non-hydrogen) atoms. The van der Waals surface area contributed by atoms with Crippen molar-refractivity contribution < 1.29 is 19.2 Å². The number of nitrogens with one attached hydrogen (secondary N) is 1. The predicted molar refractivity (Wildman–Crippen MR) is 115 cm³/mol. The number of furan rings is 1. The van der Waals surface area contributed by atoms with Crippen molar-refractivity contribution in [1.82, 2.24) is 9.78 Å². The maximum Gasteiger partial charge on any atom is 0.303 e. The lowest BCUT2D eigenvalue weighted by molar-refractivity contribution is -0.384. The van der Waals surface area contributed by atoms with Gasteiger partial charge in [0.2, 0.25) is 0 Å². The van der Waals surface area contributed by atoms with Crippen molar-refractivity contribution in [3.05, 3.63) is 72.2 Å². The van der Waals surface area contributed by atoms with Gasteiger partial charge in [0.05, 0.1) is 21.1 Å². The number of nitro groups is 1. The van der Waals surface area contributed by atoms with E-state index in [0.717, 1.165) is 11.1 Å². The first-order valence-electron chi connectivity index (χ1n) is 9.74. The number of benzene rings is 1. The zero-order valence-corrected chi connectivity index (χ0v) is 17.3. The summed E-state index contributed by atoms with van der Waals surface area (Å²) >= 11 is 0. The maximum atomic E-state index is 12.6. The molecule has 162 valence electrons. The fourth-order valence-corrected chi connectivity index (χ4v) is 3.27. The van der Waals surface area contributed by atoms with E-state index < -0.39 is 10.9 Å². The first kappa shape index (κ1) is 21.8. The summed E-state index contributed by atoms with van der Waals surface area (Å²) in [5.41, 5.74) is 1.74. The zero-order valence-electron chi connectivity index (χ0n) is 17.3. The van der Waals surface area contributed by atoms with Crippen molar-refractivity contribution in [2.45, 2.75) is 39.7 Å². The average molecular weight is 425 g/mol. The Balaban J connectivity index is 1.92. The highest BCUT2D eigenvalue weighted by molar-refractivity contribution is 5.72. The first-order valence-corrected chi connectivity index (χ1v) is 9.74. The van der Waals surface area contributed by atoms with Crippen molar-refractivity contribution in [2.24, 2.45) is 0 Å². The number of aliphatic carboxylic acids is 1. The normalized spacial score (nSPS) is 11.7. The maximum absolute atomic E-state index is 12.6. The Hall–Kier alpha value is -3.88. The number of hydrogen-bond acceptors (Lipinski definition) is 5. The molecule has 1 aromatic carbocycles. The van der Waals surface area contributed by atoms with Crippen LogP contribution < -0.4 is 16.1 Å². The molecular formula is C22H23N3O6. The molecule has 9 heteroatoms. The minimum Gasteiger partial charge on any atom is -0.481 e. The molecule has 9 nitrogen and oxygen atoms in total. The largest absolute Gasteiger partial charge is 0.481 e. The molecule has 0 saturated carbocycles. The van der Waals surface area contributed by atoms with Gasteiger partial charge in [0.15, 0.2) is 0 Å². The van der Waals surface area contributed by atoms with E-state index in [2.05, 4.69) is 11.7 Å². The van der Waals surface area contributed by atoms with E-state index in [0.29, 0.717) is 47.0 Å². The third kappa shape index (κ3) is 4.82. The van der Waals surface area contributed by atoms with Crippen molar-refractivity contribution in [2.75, 3.05) is 0 Å². The minimum atomic E-state index is -0.872. The quantitative estimate of drug-likeness (QED) is 0.324. The van der Waals surface area contributed by atoms with Gasteiger partial charge in [0, 0.05) is 19.0 Å². The molecule has 3 rings (SSSR count). The van der Waals surface area contributed by atoms with Crippen LogP contribution in [0, 0.1) is 24.0 Å². The van der Waals surface area contributed by atoms with Crippen LogP contribution in [0.25, 0.3) is 24.0 Å². The van der Waals surface area contributed by atoms with Crippen LogP contribution >= 0.6 is 0 Å². The van der Waals surface area contributed by atoms with E-state index in [4.69, 9.17) is 9.52 Å². The summed E-state index contributed by atoms with van der Waals surface area (Å²) in [6, 6.07) is 6.49. The van der Waals surface area contributed by atoms with Crippen LogP contribution in [0.5, 0.6) is 0 Å². The third-order valence-corrected chi connectivity index (χ3v) is 5.08. The van der Waals surface area contributed by atoms with E-state index >= 15 is 0 Å². The molecule has 3 aromatic rings. The second kappa shape index (κ2) is 8.86. The Labute approximate surface area is 177 Å². The standard InChI is InChI=1S/C22H23N3O6/c1-13-10-18(19(25(29)30)11-14(13)2)20-8-7-16(31-20)12-17-15(3)23-24(22(17)28)9-5-4-6-21(26)27/h7-8,10-12,23H,3-6,9H2,1-2H3,(H,26,27)/b17-12-. The van der Waals surface area contributed by atoms with E-state index in [1.165, 1.54) is 16.8 Å². The van der Waals surface area contributed by atoms with Crippen molar-refractivity contribution in [3.63, 3.8) is 0 Å². The summed E-state index contributed by atoms with van der Waals surface area (Å²) in [6.45, 7) is 7.87. The number of aromatic amines is 1. The van der Waals surface area contributed by atoms with Crippen molar-refractivity contribution >= 4 is 24.3 Å². The van der Waals surface area contributed by atoms with Gasteiger partial charge in [-0.2, -0.15) is 0 Å². The van der Waals surface area contributed by atoms with Crippen LogP contribution in [0.1, 0.15) is 36.1 Å². The molecule has 0 aliphatic carbocycles. The number of H-pyrrole nitrogens is 1. The van der Waals surface area contributed by atoms with Gasteiger partial charge in [-0.15, -0.1) is 0 Å². The van der Waals surface area contributed by atoms with Gasteiger partial charge in [0.1, 0.15) is 11.5 Å². The Morgan fingerprint density at radius 2 is 2.00 bits per heavy atom. The number of aromatic nitrogens is 2. The van der Waals surface area contributed by atoms with Crippen LogP contribution in [0.4, 0.5) is 5.69 Å². The summed E-state index contributed by atoms with van der Waals surface area (Å²) in [6.07, 6.45) is 2.58. The second-order valence-corrected chi connectivity index (χ2v) is 7.37. The molecule has 0 fully saturated rings. The average Bonchev–Trinajstić information content (AvgIpc) is 3.27. The minimum absolute atomic E-state index is 0.0471. The smallest absolute Gasteiger partial charge is 0.303 e. The molecule has 2 N–H and O–H groups in total. The summed E-state index contributed by atoms with van der Waals surface area (Å²) in [5.74, 6) is -0.180. The van der Waals surface area contributed by atoms with E-state index in [9.17, 15) is 19.7 Å². The lowest BCUT2D eigenvalue weighted by atomic mass is 10.0. The van der Waals surface area contributed by atoms with E-state index in [-0.39, 0.29) is 17.7 Å². The molecule has 2 aromatic heterocycles. The van der Waals surface area contributed by atoms with Gasteiger partial charge in [-0.1, -0.05) is 6.58 Å². The highest BCUT2D eigenvalue weighted by Crippen LogP contribution is 2.33. The fraction of sp³-hybridized carbons (Fsp3) is 0.273. The van der Waals surface area contributed by atoms with E-state index in [1.54, 1.807) is 18.2 Å². The van der Waals surface area contributed by atoms with E-state index in [1.807, 2.05) is 13.8 Å². The number of rotatable bonds is 8. The molecule has 0 aliphatic heterocycles. The van der Waals surface area contributed by atoms with Crippen LogP contribution in [0.15, 0.2) is 33.5 Å². The van der Waals surface area contributed by atoms with Gasteiger partial charge in [-0.3, -0.25) is 29.5 Å². The fourth-order valence-electron chi connectivity index (χ4n) is 3.27. The van der Waals surface area contributed by atoms with Gasteiger partial charge >= 0.3 is 5.97 Å². The van der Waals surface area contributed by atoms with Gasteiger partial charge in [-0.25, -0.2) is 0 Å². The van der Waals surface area contributed by atoms with Crippen LogP contribution in [0.3, 0.4) is 0 Å². The Morgan fingerprint density at radius 3 is 2.68 bits per heavy atom. The van der Waals surface area contributed by atoms with Crippen LogP contribution in [0.2, 0.25) is 0 Å². The molecule has 2 heterocycles. The molecule has 0 unspecified atom stereocenters. The molecule has 0 atom stereocenters. The highest BCUT2D eigenvalue weighted by atomic mass is 16.6. The third-order valence-electron chi connectivity index (χ3n) is 5.08. The number of carboxylic acids is 1. The molecule has 0 spiro atoms. The molecule has 0 aliphatic rings. The lowest BCUT2D eigenvalue weighted by Crippen LogP contribution is -2.34. The number of nitro benzene ring substituents is 1. The molecular weight excluding hydrogens is 402 g/mol. The van der Waals surface area contributed by atoms with Crippen LogP contribution in [-0.2, 0) is 11.3 Å². The molecule has 0 radical (unpaired) electrons. The number of hydrogen-bond donors (Lipinski definition) is 2. The topological polar surface area (TPSA) is 131 Å². The van der Waals surface area contributed by atoms with Crippen molar-refractivity contribution in [3.8, 4) is 11.3 Å². The number of unbranched alkanes of at least 4 members (excludes halogenated alkanes) is 1. The summed E-state index contributed by atoms with van der Waals surface area (Å²) in [7, 11) is 0. The van der Waals surface area contributed by atoms with Gasteiger partial charge < -0.3 is 9.52 Å². The monoisotopic (exact) mass is 425 g/mol. The second-order valence-electron chi connectivity index (χ2n) is 7.37. The zero-order chi connectivity index (χ0) is 22.7. The van der Waals surface area contributed by atoms with Crippen molar-refractivity contribution in [1.29, 1.82) is 0 Å². The van der Waals surface area contributed by atoms with Gasteiger partial charge in [-0.05, 0) is 62.1 Å². The number of carboxylic acid groups (broad SMARTS) is 1.